The molecule has 0 aliphatic rings. The number of anilines is 1. The van der Waals surface area contributed by atoms with Crippen molar-refractivity contribution in [3.63, 3.8) is 0 Å². The van der Waals surface area contributed by atoms with Gasteiger partial charge in [-0.25, -0.2) is 0 Å². The predicted molar refractivity (Wildman–Crippen MR) is 44.5 cm³/mol. The second-order valence-electron chi connectivity index (χ2n) is 1.72. The molecule has 4 nitrogen and oxygen atoms in total. The van der Waals surface area contributed by atoms with E-state index in [0.717, 1.165) is 0 Å². The van der Waals surface area contributed by atoms with Gasteiger partial charge in [-0.1, -0.05) is 12.1 Å². The average Bonchev–Trinajstić information content (AvgIpc) is 2.04. The number of hydrogen-bond acceptors (Lipinski definition) is 4. The number of hydrogen-bond donors (Lipinski definition) is 2. The maximum atomic E-state index is 9.99. The van der Waals surface area contributed by atoms with Gasteiger partial charge in [0.1, 0.15) is 5.69 Å². The number of nitroso groups, excluding NO2 is 1. The van der Waals surface area contributed by atoms with Crippen LogP contribution in [0.4, 0.5) is 11.4 Å². The Morgan fingerprint density at radius 1 is 1.36 bits per heavy atom. The summed E-state index contributed by atoms with van der Waals surface area (Å²) < 4.78 is 0. The first-order valence-corrected chi connectivity index (χ1v) is 2.71. The number of benzene rings is 1. The van der Waals surface area contributed by atoms with Crippen LogP contribution in [0.3, 0.4) is 0 Å². The van der Waals surface area contributed by atoms with Gasteiger partial charge in [-0.05, 0) is 17.3 Å². The molecule has 11 heavy (non-hydrogen) atoms. The second kappa shape index (κ2) is 5.81. The van der Waals surface area contributed by atoms with Crippen LogP contribution in [0.1, 0.15) is 0 Å². The van der Waals surface area contributed by atoms with Gasteiger partial charge >= 0.3 is 51.4 Å². The van der Waals surface area contributed by atoms with Crippen molar-refractivity contribution >= 4 is 62.8 Å². The van der Waals surface area contributed by atoms with Crippen molar-refractivity contribution in [1.82, 2.24) is 0 Å². The summed E-state index contributed by atoms with van der Waals surface area (Å²) in [6.45, 7) is 0. The molecule has 0 aromatic heterocycles. The normalized spacial score (nSPS) is 8.09. The van der Waals surface area contributed by atoms with Crippen LogP contribution in [0.15, 0.2) is 29.4 Å². The standard InChI is InChI=1S/C6H6N2O2.K.H/c9-7-5-3-1-2-4-6(5)8-10;;/h1-4,7,9H;;. The van der Waals surface area contributed by atoms with Crippen molar-refractivity contribution in [2.45, 2.75) is 0 Å². The fourth-order valence-corrected chi connectivity index (χ4v) is 0.648. The van der Waals surface area contributed by atoms with Crippen LogP contribution in [-0.2, 0) is 0 Å². The van der Waals surface area contributed by atoms with Gasteiger partial charge in [-0.15, -0.1) is 4.91 Å². The number of para-hydroxylation sites is 1. The summed E-state index contributed by atoms with van der Waals surface area (Å²) in [4.78, 5) is 9.99. The van der Waals surface area contributed by atoms with Gasteiger partial charge < -0.3 is 0 Å². The number of rotatable bonds is 2. The molecule has 0 radical (unpaired) electrons. The third-order valence-corrected chi connectivity index (χ3v) is 1.12. The van der Waals surface area contributed by atoms with E-state index in [4.69, 9.17) is 5.21 Å². The van der Waals surface area contributed by atoms with Crippen LogP contribution in [0.2, 0.25) is 0 Å². The Hall–Kier alpha value is 0.216. The van der Waals surface area contributed by atoms with E-state index in [1.165, 1.54) is 6.07 Å². The zero-order chi connectivity index (χ0) is 7.40. The van der Waals surface area contributed by atoms with Crippen LogP contribution in [0, 0.1) is 4.91 Å². The van der Waals surface area contributed by atoms with Crippen LogP contribution in [-0.4, -0.2) is 56.6 Å². The minimum atomic E-state index is 0. The van der Waals surface area contributed by atoms with E-state index in [2.05, 4.69) is 5.18 Å². The molecule has 0 saturated carbocycles. The van der Waals surface area contributed by atoms with E-state index in [-0.39, 0.29) is 57.1 Å². The summed E-state index contributed by atoms with van der Waals surface area (Å²) in [6, 6.07) is 6.41. The Labute approximate surface area is 106 Å². The van der Waals surface area contributed by atoms with Crippen LogP contribution in [0.5, 0.6) is 0 Å². The molecule has 0 spiro atoms. The van der Waals surface area contributed by atoms with Gasteiger partial charge in [0, 0.05) is 0 Å². The molecule has 1 rings (SSSR count). The van der Waals surface area contributed by atoms with E-state index < -0.39 is 0 Å². The summed E-state index contributed by atoms with van der Waals surface area (Å²) in [6.07, 6.45) is 0. The Morgan fingerprint density at radius 3 is 2.45 bits per heavy atom. The zero-order valence-electron chi connectivity index (χ0n) is 5.11. The molecule has 5 heteroatoms. The fourth-order valence-electron chi connectivity index (χ4n) is 0.648. The molecular weight excluding hydrogens is 171 g/mol. The molecule has 0 saturated heterocycles. The van der Waals surface area contributed by atoms with Crippen molar-refractivity contribution in [2.24, 2.45) is 5.18 Å². The molecule has 2 N–H and O–H groups in total. The third-order valence-electron chi connectivity index (χ3n) is 1.12. The Morgan fingerprint density at radius 2 is 2.00 bits per heavy atom. The molecule has 0 heterocycles. The number of nitrogens with zero attached hydrogens (tertiary/aromatic N) is 1. The SMILES string of the molecule is O=Nc1ccccc1NO.[KH]. The molecule has 1 aromatic rings. The molecule has 1 aromatic carbocycles. The zero-order valence-corrected chi connectivity index (χ0v) is 5.11. The minimum absolute atomic E-state index is 0. The molecule has 0 fully saturated rings. The van der Waals surface area contributed by atoms with Crippen LogP contribution in [0.25, 0.3) is 0 Å². The summed E-state index contributed by atoms with van der Waals surface area (Å²) in [7, 11) is 0. The summed E-state index contributed by atoms with van der Waals surface area (Å²) in [5, 5.41) is 11.1. The molecular formula is C6H7KN2O2. The van der Waals surface area contributed by atoms with Crippen molar-refractivity contribution < 1.29 is 5.21 Å². The quantitative estimate of drug-likeness (QED) is 0.407. The molecule has 0 atom stereocenters. The van der Waals surface area contributed by atoms with Crippen LogP contribution >= 0.6 is 0 Å². The fraction of sp³-hybridized carbons (Fsp3) is 0. The van der Waals surface area contributed by atoms with Gasteiger partial charge in [-0.2, -0.15) is 0 Å². The van der Waals surface area contributed by atoms with Gasteiger partial charge in [0.2, 0.25) is 0 Å². The van der Waals surface area contributed by atoms with E-state index in [1.54, 1.807) is 18.2 Å². The van der Waals surface area contributed by atoms with Gasteiger partial charge in [-0.3, -0.25) is 10.7 Å². The monoisotopic (exact) mass is 178 g/mol. The second-order valence-corrected chi connectivity index (χ2v) is 1.72. The molecule has 0 aliphatic carbocycles. The van der Waals surface area contributed by atoms with Crippen molar-refractivity contribution in [2.75, 3.05) is 5.48 Å². The topological polar surface area (TPSA) is 61.7 Å². The molecule has 0 amide bonds. The molecule has 0 unspecified atom stereocenters. The third kappa shape index (κ3) is 2.98. The first kappa shape index (κ1) is 11.2. The van der Waals surface area contributed by atoms with Gasteiger partial charge in [0.05, 0.1) is 5.69 Å². The summed E-state index contributed by atoms with van der Waals surface area (Å²) in [5.74, 6) is 0. The Bertz CT molecular complexity index is 242. The van der Waals surface area contributed by atoms with E-state index >= 15 is 0 Å². The average molecular weight is 178 g/mol. The molecule has 0 aliphatic heterocycles. The van der Waals surface area contributed by atoms with Crippen molar-refractivity contribution in [3.8, 4) is 0 Å². The number of nitrogens with one attached hydrogen (secondary N) is 1. The van der Waals surface area contributed by atoms with E-state index in [0.29, 0.717) is 5.69 Å². The maximum absolute atomic E-state index is 9.99. The Balaban J connectivity index is 0.000001000. The molecule has 0 bridgehead atoms. The van der Waals surface area contributed by atoms with Crippen molar-refractivity contribution in [3.05, 3.63) is 29.2 Å². The van der Waals surface area contributed by atoms with Crippen molar-refractivity contribution in [1.29, 1.82) is 0 Å². The first-order chi connectivity index (χ1) is 4.88. The van der Waals surface area contributed by atoms with Crippen LogP contribution < -0.4 is 5.48 Å². The van der Waals surface area contributed by atoms with Gasteiger partial charge in [0.15, 0.2) is 0 Å². The van der Waals surface area contributed by atoms with Gasteiger partial charge in [0.25, 0.3) is 0 Å². The summed E-state index contributed by atoms with van der Waals surface area (Å²) in [5.41, 5.74) is 2.37. The predicted octanol–water partition coefficient (Wildman–Crippen LogP) is 1.24. The molecule has 54 valence electrons. The first-order valence-electron chi connectivity index (χ1n) is 2.71. The van der Waals surface area contributed by atoms with E-state index in [1.807, 2.05) is 5.48 Å². The summed E-state index contributed by atoms with van der Waals surface area (Å²) >= 11 is 0. The van der Waals surface area contributed by atoms with E-state index in [9.17, 15) is 4.91 Å². The Kier molecular flexibility index (Phi) is 5.93.